The molecule has 70 valence electrons. The van der Waals surface area contributed by atoms with Crippen LogP contribution in [0.5, 0.6) is 0 Å². The molecule has 1 atom stereocenters. The van der Waals surface area contributed by atoms with E-state index in [1.165, 1.54) is 0 Å². The molecule has 0 fully saturated rings. The van der Waals surface area contributed by atoms with E-state index in [1.54, 1.807) is 6.92 Å². The number of rotatable bonds is 5. The summed E-state index contributed by atoms with van der Waals surface area (Å²) in [4.78, 5) is 20.6. The lowest BCUT2D eigenvalue weighted by Crippen LogP contribution is -2.60. The predicted molar refractivity (Wildman–Crippen MR) is 40.5 cm³/mol. The lowest BCUT2D eigenvalue weighted by atomic mass is 10.1. The van der Waals surface area contributed by atoms with Crippen LogP contribution in [0.4, 0.5) is 0 Å². The molecule has 6 heteroatoms. The fourth-order valence-electron chi connectivity index (χ4n) is 0.585. The maximum absolute atomic E-state index is 10.5. The molecule has 0 aromatic heterocycles. The SMILES string of the molecule is CCC(N)(NCC(=O)O)C(=O)O. The Morgan fingerprint density at radius 3 is 2.25 bits per heavy atom. The van der Waals surface area contributed by atoms with Gasteiger partial charge >= 0.3 is 11.9 Å². The number of nitrogens with two attached hydrogens (primary N) is 1. The number of carboxylic acids is 2. The Labute approximate surface area is 69.4 Å². The van der Waals surface area contributed by atoms with E-state index < -0.39 is 24.1 Å². The summed E-state index contributed by atoms with van der Waals surface area (Å²) >= 11 is 0. The van der Waals surface area contributed by atoms with Crippen LogP contribution in [0.2, 0.25) is 0 Å². The van der Waals surface area contributed by atoms with Crippen LogP contribution in [0.3, 0.4) is 0 Å². The summed E-state index contributed by atoms with van der Waals surface area (Å²) in [6.07, 6.45) is 0.121. The van der Waals surface area contributed by atoms with E-state index in [0.717, 1.165) is 0 Å². The standard InChI is InChI=1S/C6H12N2O4/c1-2-6(7,5(11)12)8-3-4(9)10/h8H,2-3,7H2,1H3,(H,9,10)(H,11,12). The first-order chi connectivity index (χ1) is 5.42. The molecule has 0 aromatic carbocycles. The lowest BCUT2D eigenvalue weighted by Gasteiger charge is -2.23. The monoisotopic (exact) mass is 176 g/mol. The van der Waals surface area contributed by atoms with Gasteiger partial charge in [-0.05, 0) is 6.42 Å². The van der Waals surface area contributed by atoms with E-state index >= 15 is 0 Å². The molecule has 0 aliphatic heterocycles. The average molecular weight is 176 g/mol. The Hall–Kier alpha value is -1.14. The number of carbonyl (C=O) groups is 2. The van der Waals surface area contributed by atoms with E-state index in [0.29, 0.717) is 0 Å². The Balaban J connectivity index is 4.15. The van der Waals surface area contributed by atoms with Gasteiger partial charge in [0, 0.05) is 0 Å². The quantitative estimate of drug-likeness (QED) is 0.392. The Kier molecular flexibility index (Phi) is 3.65. The third kappa shape index (κ3) is 2.85. The molecule has 0 saturated carbocycles. The van der Waals surface area contributed by atoms with Crippen LogP contribution in [0.25, 0.3) is 0 Å². The zero-order valence-corrected chi connectivity index (χ0v) is 6.70. The summed E-state index contributed by atoms with van der Waals surface area (Å²) < 4.78 is 0. The van der Waals surface area contributed by atoms with E-state index in [2.05, 4.69) is 5.32 Å². The van der Waals surface area contributed by atoms with Gasteiger partial charge in [0.25, 0.3) is 0 Å². The van der Waals surface area contributed by atoms with Gasteiger partial charge in [0.1, 0.15) is 0 Å². The van der Waals surface area contributed by atoms with Gasteiger partial charge in [-0.2, -0.15) is 0 Å². The van der Waals surface area contributed by atoms with Crippen molar-refractivity contribution in [3.8, 4) is 0 Å². The second-order valence-corrected chi connectivity index (χ2v) is 2.38. The highest BCUT2D eigenvalue weighted by molar-refractivity contribution is 5.79. The van der Waals surface area contributed by atoms with Gasteiger partial charge in [0.2, 0.25) is 0 Å². The highest BCUT2D eigenvalue weighted by Gasteiger charge is 2.31. The second-order valence-electron chi connectivity index (χ2n) is 2.38. The summed E-state index contributed by atoms with van der Waals surface area (Å²) in [6, 6.07) is 0. The molecule has 0 aliphatic rings. The first-order valence-electron chi connectivity index (χ1n) is 3.41. The first-order valence-corrected chi connectivity index (χ1v) is 3.41. The van der Waals surface area contributed by atoms with Crippen molar-refractivity contribution in [2.24, 2.45) is 5.73 Å². The van der Waals surface area contributed by atoms with E-state index in [9.17, 15) is 9.59 Å². The fraction of sp³-hybridized carbons (Fsp3) is 0.667. The summed E-state index contributed by atoms with van der Waals surface area (Å²) in [5, 5.41) is 19.0. The Bertz CT molecular complexity index is 194. The zero-order chi connectivity index (χ0) is 9.78. The van der Waals surface area contributed by atoms with Crippen molar-refractivity contribution in [1.29, 1.82) is 0 Å². The normalized spacial score (nSPS) is 15.2. The van der Waals surface area contributed by atoms with Gasteiger partial charge in [0.05, 0.1) is 6.54 Å². The molecule has 0 bridgehead atoms. The largest absolute Gasteiger partial charge is 0.480 e. The van der Waals surface area contributed by atoms with Crippen LogP contribution in [0.15, 0.2) is 0 Å². The molecule has 5 N–H and O–H groups in total. The minimum atomic E-state index is -1.64. The van der Waals surface area contributed by atoms with Crippen molar-refractivity contribution in [2.75, 3.05) is 6.54 Å². The van der Waals surface area contributed by atoms with Crippen molar-refractivity contribution in [1.82, 2.24) is 5.32 Å². The van der Waals surface area contributed by atoms with Crippen molar-refractivity contribution >= 4 is 11.9 Å². The van der Waals surface area contributed by atoms with Crippen LogP contribution in [0.1, 0.15) is 13.3 Å². The van der Waals surface area contributed by atoms with Crippen molar-refractivity contribution in [2.45, 2.75) is 19.0 Å². The minimum absolute atomic E-state index is 0.121. The maximum Gasteiger partial charge on any atom is 0.338 e. The van der Waals surface area contributed by atoms with Gasteiger partial charge in [0.15, 0.2) is 5.66 Å². The number of carboxylic acid groups (broad SMARTS) is 2. The highest BCUT2D eigenvalue weighted by Crippen LogP contribution is 2.00. The summed E-state index contributed by atoms with van der Waals surface area (Å²) in [5.74, 6) is -2.40. The smallest absolute Gasteiger partial charge is 0.338 e. The minimum Gasteiger partial charge on any atom is -0.480 e. The number of aliphatic carboxylic acids is 2. The first kappa shape index (κ1) is 10.9. The molecular weight excluding hydrogens is 164 g/mol. The van der Waals surface area contributed by atoms with Gasteiger partial charge in [-0.15, -0.1) is 0 Å². The molecule has 0 radical (unpaired) electrons. The third-order valence-corrected chi connectivity index (χ3v) is 1.49. The van der Waals surface area contributed by atoms with E-state index in [-0.39, 0.29) is 6.42 Å². The molecule has 0 spiro atoms. The molecule has 0 saturated heterocycles. The topological polar surface area (TPSA) is 113 Å². The van der Waals surface area contributed by atoms with Crippen LogP contribution >= 0.6 is 0 Å². The number of hydrogen-bond donors (Lipinski definition) is 4. The van der Waals surface area contributed by atoms with Crippen molar-refractivity contribution < 1.29 is 19.8 Å². The molecule has 0 rings (SSSR count). The number of nitrogens with one attached hydrogen (secondary N) is 1. The lowest BCUT2D eigenvalue weighted by molar-refractivity contribution is -0.145. The molecule has 12 heavy (non-hydrogen) atoms. The number of hydrogen-bond acceptors (Lipinski definition) is 4. The summed E-state index contributed by atoms with van der Waals surface area (Å²) in [6.45, 7) is 1.10. The summed E-state index contributed by atoms with van der Waals surface area (Å²) in [7, 11) is 0. The molecule has 0 aromatic rings. The van der Waals surface area contributed by atoms with Gasteiger partial charge in [-0.1, -0.05) is 6.92 Å². The molecule has 0 amide bonds. The Morgan fingerprint density at radius 1 is 1.50 bits per heavy atom. The predicted octanol–water partition coefficient (Wildman–Crippen LogP) is -1.19. The highest BCUT2D eigenvalue weighted by atomic mass is 16.4. The van der Waals surface area contributed by atoms with Gasteiger partial charge < -0.3 is 15.9 Å². The van der Waals surface area contributed by atoms with Crippen LogP contribution in [0, 0.1) is 0 Å². The van der Waals surface area contributed by atoms with Crippen molar-refractivity contribution in [3.63, 3.8) is 0 Å². The van der Waals surface area contributed by atoms with Crippen LogP contribution in [-0.2, 0) is 9.59 Å². The molecule has 6 nitrogen and oxygen atoms in total. The molecule has 1 unspecified atom stereocenters. The molecular formula is C6H12N2O4. The van der Waals surface area contributed by atoms with Gasteiger partial charge in [-0.25, -0.2) is 4.79 Å². The van der Waals surface area contributed by atoms with Crippen molar-refractivity contribution in [3.05, 3.63) is 0 Å². The third-order valence-electron chi connectivity index (χ3n) is 1.49. The Morgan fingerprint density at radius 2 is 2.00 bits per heavy atom. The van der Waals surface area contributed by atoms with Gasteiger partial charge in [-0.3, -0.25) is 10.1 Å². The average Bonchev–Trinajstić information content (AvgIpc) is 1.99. The maximum atomic E-state index is 10.5. The van der Waals surface area contributed by atoms with E-state index in [1.807, 2.05) is 0 Å². The second kappa shape index (κ2) is 4.03. The van der Waals surface area contributed by atoms with Crippen LogP contribution < -0.4 is 11.1 Å². The fourth-order valence-corrected chi connectivity index (χ4v) is 0.585. The van der Waals surface area contributed by atoms with Crippen LogP contribution in [-0.4, -0.2) is 34.4 Å². The molecule has 0 heterocycles. The van der Waals surface area contributed by atoms with E-state index in [4.69, 9.17) is 15.9 Å². The molecule has 0 aliphatic carbocycles. The zero-order valence-electron chi connectivity index (χ0n) is 6.70. The summed E-state index contributed by atoms with van der Waals surface area (Å²) in [5.41, 5.74) is 3.67.